The Morgan fingerprint density at radius 3 is 2.52 bits per heavy atom. The van der Waals surface area contributed by atoms with Gasteiger partial charge in [-0.25, -0.2) is 0 Å². The SMILES string of the molecule is CC(C)(CNC(=O)CN1CCCCC1C1OCCO1)N1CCOCC1. The molecule has 0 aromatic carbocycles. The summed E-state index contributed by atoms with van der Waals surface area (Å²) in [4.78, 5) is 17.1. The van der Waals surface area contributed by atoms with Gasteiger partial charge in [0.1, 0.15) is 0 Å². The highest BCUT2D eigenvalue weighted by Gasteiger charge is 2.35. The summed E-state index contributed by atoms with van der Waals surface area (Å²) in [5.41, 5.74) is -0.0571. The summed E-state index contributed by atoms with van der Waals surface area (Å²) in [5, 5.41) is 3.13. The lowest BCUT2D eigenvalue weighted by atomic mass is 10.0. The number of hydrogen-bond donors (Lipinski definition) is 1. The molecule has 0 radical (unpaired) electrons. The van der Waals surface area contributed by atoms with Crippen LogP contribution in [0.25, 0.3) is 0 Å². The van der Waals surface area contributed by atoms with Crippen LogP contribution in [0, 0.1) is 0 Å². The van der Waals surface area contributed by atoms with Gasteiger partial charge in [-0.2, -0.15) is 0 Å². The van der Waals surface area contributed by atoms with Gasteiger partial charge in [-0.3, -0.25) is 14.6 Å². The lowest BCUT2D eigenvalue weighted by Crippen LogP contribution is -2.57. The van der Waals surface area contributed by atoms with E-state index in [1.54, 1.807) is 0 Å². The second kappa shape index (κ2) is 8.77. The number of likely N-dealkylation sites (tertiary alicyclic amines) is 1. The van der Waals surface area contributed by atoms with Crippen molar-refractivity contribution in [3.63, 3.8) is 0 Å². The van der Waals surface area contributed by atoms with Crippen molar-refractivity contribution >= 4 is 5.91 Å². The Kier molecular flexibility index (Phi) is 6.68. The zero-order chi connectivity index (χ0) is 17.7. The predicted octanol–water partition coefficient (Wildman–Crippen LogP) is 0.441. The van der Waals surface area contributed by atoms with Crippen molar-refractivity contribution in [3.05, 3.63) is 0 Å². The number of carbonyl (C=O) groups is 1. The maximum Gasteiger partial charge on any atom is 0.234 e. The van der Waals surface area contributed by atoms with Gasteiger partial charge < -0.3 is 19.5 Å². The van der Waals surface area contributed by atoms with Crippen molar-refractivity contribution < 1.29 is 19.0 Å². The number of ether oxygens (including phenoxy) is 3. The second-order valence-corrected chi connectivity index (χ2v) is 7.83. The van der Waals surface area contributed by atoms with E-state index in [0.29, 0.717) is 26.3 Å². The molecule has 0 aromatic rings. The summed E-state index contributed by atoms with van der Waals surface area (Å²) >= 11 is 0. The Labute approximate surface area is 150 Å². The van der Waals surface area contributed by atoms with Crippen LogP contribution in [0.2, 0.25) is 0 Å². The summed E-state index contributed by atoms with van der Waals surface area (Å²) in [5.74, 6) is 0.0891. The highest BCUT2D eigenvalue weighted by molar-refractivity contribution is 5.78. The average molecular weight is 355 g/mol. The number of morpholine rings is 1. The minimum Gasteiger partial charge on any atom is -0.379 e. The normalized spacial score (nSPS) is 27.5. The minimum absolute atomic E-state index is 0.0571. The Hall–Kier alpha value is -0.730. The Bertz CT molecular complexity index is 434. The molecule has 1 N–H and O–H groups in total. The van der Waals surface area contributed by atoms with E-state index in [9.17, 15) is 4.79 Å². The number of hydrogen-bond acceptors (Lipinski definition) is 6. The van der Waals surface area contributed by atoms with Crippen LogP contribution in [0.4, 0.5) is 0 Å². The van der Waals surface area contributed by atoms with Gasteiger partial charge >= 0.3 is 0 Å². The first-order chi connectivity index (χ1) is 12.1. The Morgan fingerprint density at radius 2 is 1.80 bits per heavy atom. The van der Waals surface area contributed by atoms with Gasteiger partial charge in [0.15, 0.2) is 6.29 Å². The van der Waals surface area contributed by atoms with E-state index >= 15 is 0 Å². The molecule has 3 saturated heterocycles. The molecule has 3 heterocycles. The molecule has 0 bridgehead atoms. The Morgan fingerprint density at radius 1 is 1.08 bits per heavy atom. The number of nitrogens with zero attached hydrogens (tertiary/aromatic N) is 2. The molecule has 0 spiro atoms. The fourth-order valence-electron chi connectivity index (χ4n) is 3.96. The van der Waals surface area contributed by atoms with Crippen LogP contribution in [0.3, 0.4) is 0 Å². The van der Waals surface area contributed by atoms with Crippen LogP contribution in [-0.2, 0) is 19.0 Å². The molecule has 3 rings (SSSR count). The molecule has 0 aliphatic carbocycles. The first-order valence-electron chi connectivity index (χ1n) is 9.63. The minimum atomic E-state index is -0.169. The van der Waals surface area contributed by atoms with Crippen molar-refractivity contribution in [1.82, 2.24) is 15.1 Å². The molecule has 0 aromatic heterocycles. The smallest absolute Gasteiger partial charge is 0.234 e. The van der Waals surface area contributed by atoms with Crippen molar-refractivity contribution in [1.29, 1.82) is 0 Å². The molecule has 7 heteroatoms. The second-order valence-electron chi connectivity index (χ2n) is 7.83. The van der Waals surface area contributed by atoms with E-state index < -0.39 is 0 Å². The summed E-state index contributed by atoms with van der Waals surface area (Å²) < 4.78 is 16.8. The van der Waals surface area contributed by atoms with E-state index in [2.05, 4.69) is 29.0 Å². The summed E-state index contributed by atoms with van der Waals surface area (Å²) in [6.45, 7) is 11.1. The van der Waals surface area contributed by atoms with E-state index in [-0.39, 0.29) is 23.8 Å². The van der Waals surface area contributed by atoms with E-state index in [4.69, 9.17) is 14.2 Å². The van der Waals surface area contributed by atoms with Crippen molar-refractivity contribution in [2.45, 2.75) is 51.0 Å². The van der Waals surface area contributed by atoms with Crippen LogP contribution in [0.1, 0.15) is 33.1 Å². The highest BCUT2D eigenvalue weighted by Crippen LogP contribution is 2.24. The molecule has 3 fully saturated rings. The first-order valence-corrected chi connectivity index (χ1v) is 9.63. The van der Waals surface area contributed by atoms with E-state index in [1.165, 1.54) is 6.42 Å². The largest absolute Gasteiger partial charge is 0.379 e. The highest BCUT2D eigenvalue weighted by atomic mass is 16.7. The predicted molar refractivity (Wildman–Crippen MR) is 94.4 cm³/mol. The summed E-state index contributed by atoms with van der Waals surface area (Å²) in [7, 11) is 0. The topological polar surface area (TPSA) is 63.3 Å². The maximum atomic E-state index is 12.5. The third-order valence-electron chi connectivity index (χ3n) is 5.56. The molecule has 3 aliphatic rings. The molecule has 25 heavy (non-hydrogen) atoms. The van der Waals surface area contributed by atoms with Gasteiger partial charge in [-0.1, -0.05) is 6.42 Å². The molecule has 144 valence electrons. The molecule has 3 aliphatic heterocycles. The van der Waals surface area contributed by atoms with Crippen molar-refractivity contribution in [2.75, 3.05) is 59.2 Å². The average Bonchev–Trinajstić information content (AvgIpc) is 3.16. The summed E-state index contributed by atoms with van der Waals surface area (Å²) in [6, 6.07) is 0.203. The van der Waals surface area contributed by atoms with Crippen LogP contribution in [-0.4, -0.2) is 92.7 Å². The monoisotopic (exact) mass is 355 g/mol. The summed E-state index contributed by atoms with van der Waals surface area (Å²) in [6.07, 6.45) is 3.18. The lowest BCUT2D eigenvalue weighted by molar-refractivity contribution is -0.131. The fraction of sp³-hybridized carbons (Fsp3) is 0.944. The number of rotatable bonds is 6. The standard InChI is InChI=1S/C18H33N3O4/c1-18(2,21-7-9-23-10-8-21)14-19-16(22)13-20-6-4-3-5-15(20)17-24-11-12-25-17/h15,17H,3-14H2,1-2H3,(H,19,22). The van der Waals surface area contributed by atoms with E-state index in [1.807, 2.05) is 0 Å². The number of carbonyl (C=O) groups excluding carboxylic acids is 1. The quantitative estimate of drug-likeness (QED) is 0.746. The molecular formula is C18H33N3O4. The zero-order valence-electron chi connectivity index (χ0n) is 15.7. The number of piperidine rings is 1. The third kappa shape index (κ3) is 5.14. The molecule has 0 saturated carbocycles. The van der Waals surface area contributed by atoms with E-state index in [0.717, 1.165) is 45.7 Å². The van der Waals surface area contributed by atoms with Gasteiger partial charge in [-0.15, -0.1) is 0 Å². The molecule has 1 unspecified atom stereocenters. The third-order valence-corrected chi connectivity index (χ3v) is 5.56. The molecule has 1 atom stereocenters. The first kappa shape index (κ1) is 19.0. The molecule has 1 amide bonds. The van der Waals surface area contributed by atoms with Crippen molar-refractivity contribution in [2.24, 2.45) is 0 Å². The Balaban J connectivity index is 1.47. The van der Waals surface area contributed by atoms with Crippen LogP contribution >= 0.6 is 0 Å². The zero-order valence-corrected chi connectivity index (χ0v) is 15.7. The fourth-order valence-corrected chi connectivity index (χ4v) is 3.96. The van der Waals surface area contributed by atoms with Gasteiger partial charge in [0.2, 0.25) is 5.91 Å². The van der Waals surface area contributed by atoms with Gasteiger partial charge in [0, 0.05) is 25.2 Å². The lowest BCUT2D eigenvalue weighted by Gasteiger charge is -2.41. The van der Waals surface area contributed by atoms with Crippen molar-refractivity contribution in [3.8, 4) is 0 Å². The molecule has 7 nitrogen and oxygen atoms in total. The molecular weight excluding hydrogens is 322 g/mol. The number of amides is 1. The maximum absolute atomic E-state index is 12.5. The van der Waals surface area contributed by atoms with Gasteiger partial charge in [-0.05, 0) is 33.2 Å². The number of nitrogens with one attached hydrogen (secondary N) is 1. The van der Waals surface area contributed by atoms with Crippen LogP contribution in [0.15, 0.2) is 0 Å². The van der Waals surface area contributed by atoms with Crippen LogP contribution < -0.4 is 5.32 Å². The van der Waals surface area contributed by atoms with Crippen LogP contribution in [0.5, 0.6) is 0 Å². The van der Waals surface area contributed by atoms with Gasteiger partial charge in [0.05, 0.1) is 39.0 Å². The van der Waals surface area contributed by atoms with Gasteiger partial charge in [0.25, 0.3) is 0 Å².